The van der Waals surface area contributed by atoms with Crippen LogP contribution in [0.1, 0.15) is 6.42 Å². The number of para-hydroxylation sites is 1. The van der Waals surface area contributed by atoms with E-state index in [1.54, 1.807) is 24.3 Å². The van der Waals surface area contributed by atoms with Gasteiger partial charge in [0.25, 0.3) is 0 Å². The Kier molecular flexibility index (Phi) is 3.05. The molecule has 0 spiro atoms. The van der Waals surface area contributed by atoms with Crippen LogP contribution in [-0.2, 0) is 9.59 Å². The molecule has 2 saturated carbocycles. The molecule has 0 saturated heterocycles. The van der Waals surface area contributed by atoms with E-state index in [0.717, 1.165) is 6.42 Å². The number of hydrogen-bond acceptors (Lipinski definition) is 2. The number of fused-ring (bicyclic) bond motifs is 1. The minimum absolute atomic E-state index is 0.00510. The van der Waals surface area contributed by atoms with Crippen molar-refractivity contribution in [3.8, 4) is 0 Å². The third kappa shape index (κ3) is 1.97. The fourth-order valence-corrected chi connectivity index (χ4v) is 4.53. The van der Waals surface area contributed by atoms with Crippen LogP contribution in [0.5, 0.6) is 0 Å². The van der Waals surface area contributed by atoms with Crippen LogP contribution in [-0.4, -0.2) is 17.0 Å². The Morgan fingerprint density at radius 3 is 2.36 bits per heavy atom. The SMILES string of the molecule is O=C(O)[C@H]1[C@@H]2C=C[C@@H]([C@H]3C[C@H]23)[C@@H]1C(=O)Nc1ccccc1Cl. The maximum Gasteiger partial charge on any atom is 0.307 e. The van der Waals surface area contributed by atoms with Crippen molar-refractivity contribution in [1.29, 1.82) is 0 Å². The van der Waals surface area contributed by atoms with Crippen molar-refractivity contribution in [3.05, 3.63) is 41.4 Å². The predicted octanol–water partition coefficient (Wildman–Crippen LogP) is 3.05. The van der Waals surface area contributed by atoms with E-state index in [9.17, 15) is 14.7 Å². The van der Waals surface area contributed by atoms with E-state index in [-0.39, 0.29) is 17.7 Å². The summed E-state index contributed by atoms with van der Waals surface area (Å²) >= 11 is 6.08. The van der Waals surface area contributed by atoms with Gasteiger partial charge >= 0.3 is 5.97 Å². The molecule has 0 radical (unpaired) electrons. The molecular formula is C17H16ClNO3. The molecule has 6 atom stereocenters. The van der Waals surface area contributed by atoms with E-state index in [1.165, 1.54) is 0 Å². The normalized spacial score (nSPS) is 37.5. The van der Waals surface area contributed by atoms with Crippen LogP contribution < -0.4 is 5.32 Å². The van der Waals surface area contributed by atoms with Crippen molar-refractivity contribution in [1.82, 2.24) is 0 Å². The molecule has 1 aromatic rings. The Morgan fingerprint density at radius 1 is 1.09 bits per heavy atom. The van der Waals surface area contributed by atoms with Gasteiger partial charge in [0.1, 0.15) is 0 Å². The summed E-state index contributed by atoms with van der Waals surface area (Å²) < 4.78 is 0. The van der Waals surface area contributed by atoms with Crippen LogP contribution in [0.2, 0.25) is 5.02 Å². The van der Waals surface area contributed by atoms with Gasteiger partial charge in [-0.3, -0.25) is 9.59 Å². The highest BCUT2D eigenvalue weighted by Crippen LogP contribution is 2.63. The lowest BCUT2D eigenvalue weighted by Crippen LogP contribution is -2.48. The average molecular weight is 318 g/mol. The molecular weight excluding hydrogens is 302 g/mol. The molecule has 0 aliphatic heterocycles. The van der Waals surface area contributed by atoms with Crippen molar-refractivity contribution in [2.24, 2.45) is 35.5 Å². The first-order valence-electron chi connectivity index (χ1n) is 7.54. The fourth-order valence-electron chi connectivity index (χ4n) is 4.35. The minimum atomic E-state index is -0.871. The monoisotopic (exact) mass is 317 g/mol. The predicted molar refractivity (Wildman–Crippen MR) is 82.4 cm³/mol. The molecule has 22 heavy (non-hydrogen) atoms. The van der Waals surface area contributed by atoms with E-state index in [2.05, 4.69) is 11.4 Å². The molecule has 4 aliphatic carbocycles. The number of halogens is 1. The number of benzene rings is 1. The summed E-state index contributed by atoms with van der Waals surface area (Å²) in [5.74, 6) is -1.26. The van der Waals surface area contributed by atoms with E-state index in [1.807, 2.05) is 6.08 Å². The zero-order chi connectivity index (χ0) is 15.4. The molecule has 4 aliphatic rings. The number of carboxylic acid groups (broad SMARTS) is 1. The van der Waals surface area contributed by atoms with E-state index in [0.29, 0.717) is 22.5 Å². The first kappa shape index (κ1) is 13.8. The fraction of sp³-hybridized carbons (Fsp3) is 0.412. The van der Waals surface area contributed by atoms with Gasteiger partial charge in [0.05, 0.1) is 22.5 Å². The number of anilines is 1. The summed E-state index contributed by atoms with van der Waals surface area (Å²) in [5.41, 5.74) is 0.538. The number of carboxylic acids is 1. The topological polar surface area (TPSA) is 66.4 Å². The molecule has 2 fully saturated rings. The maximum absolute atomic E-state index is 12.7. The molecule has 1 aromatic carbocycles. The highest BCUT2D eigenvalue weighted by molar-refractivity contribution is 6.33. The summed E-state index contributed by atoms with van der Waals surface area (Å²) in [4.78, 5) is 24.4. The van der Waals surface area contributed by atoms with Gasteiger partial charge in [0.15, 0.2) is 0 Å². The van der Waals surface area contributed by atoms with E-state index < -0.39 is 17.8 Å². The summed E-state index contributed by atoms with van der Waals surface area (Å²) in [5, 5.41) is 12.9. The number of rotatable bonds is 3. The molecule has 0 unspecified atom stereocenters. The number of carbonyl (C=O) groups is 2. The van der Waals surface area contributed by atoms with Crippen LogP contribution in [0, 0.1) is 35.5 Å². The summed E-state index contributed by atoms with van der Waals surface area (Å²) in [7, 11) is 0. The lowest BCUT2D eigenvalue weighted by molar-refractivity contribution is -0.152. The van der Waals surface area contributed by atoms with Crippen molar-refractivity contribution in [2.75, 3.05) is 5.32 Å². The van der Waals surface area contributed by atoms with Gasteiger partial charge < -0.3 is 10.4 Å². The van der Waals surface area contributed by atoms with Gasteiger partial charge in [-0.25, -0.2) is 0 Å². The number of aliphatic carboxylic acids is 1. The van der Waals surface area contributed by atoms with Gasteiger partial charge in [-0.2, -0.15) is 0 Å². The van der Waals surface area contributed by atoms with Crippen LogP contribution in [0.3, 0.4) is 0 Å². The largest absolute Gasteiger partial charge is 0.481 e. The van der Waals surface area contributed by atoms with Crippen LogP contribution in [0.25, 0.3) is 0 Å². The quantitative estimate of drug-likeness (QED) is 0.842. The van der Waals surface area contributed by atoms with Gasteiger partial charge in [-0.1, -0.05) is 35.9 Å². The van der Waals surface area contributed by atoms with Crippen molar-refractivity contribution in [3.63, 3.8) is 0 Å². The smallest absolute Gasteiger partial charge is 0.307 e. The molecule has 2 N–H and O–H groups in total. The highest BCUT2D eigenvalue weighted by atomic mass is 35.5. The lowest BCUT2D eigenvalue weighted by Gasteiger charge is -2.41. The molecule has 4 nitrogen and oxygen atoms in total. The second-order valence-corrected chi connectivity index (χ2v) is 6.87. The number of nitrogens with one attached hydrogen (secondary N) is 1. The van der Waals surface area contributed by atoms with Crippen molar-refractivity contribution in [2.45, 2.75) is 6.42 Å². The zero-order valence-electron chi connectivity index (χ0n) is 11.8. The number of hydrogen-bond donors (Lipinski definition) is 2. The third-order valence-corrected chi connectivity index (χ3v) is 5.70. The summed E-state index contributed by atoms with van der Waals surface area (Å²) in [6.07, 6.45) is 5.11. The van der Waals surface area contributed by atoms with E-state index in [4.69, 9.17) is 11.6 Å². The Bertz CT molecular complexity index is 686. The third-order valence-electron chi connectivity index (χ3n) is 5.37. The van der Waals surface area contributed by atoms with Gasteiger partial charge in [-0.15, -0.1) is 0 Å². The van der Waals surface area contributed by atoms with E-state index >= 15 is 0 Å². The Hall–Kier alpha value is -1.81. The van der Waals surface area contributed by atoms with Crippen LogP contribution in [0.15, 0.2) is 36.4 Å². The zero-order valence-corrected chi connectivity index (χ0v) is 12.5. The first-order chi connectivity index (χ1) is 10.6. The number of amides is 1. The average Bonchev–Trinajstić information content (AvgIpc) is 3.30. The van der Waals surface area contributed by atoms with Gasteiger partial charge in [0, 0.05) is 0 Å². The Balaban J connectivity index is 1.63. The molecule has 1 amide bonds. The molecule has 0 aromatic heterocycles. The van der Waals surface area contributed by atoms with Crippen molar-refractivity contribution >= 4 is 29.2 Å². The summed E-state index contributed by atoms with van der Waals surface area (Å²) in [6, 6.07) is 7.01. The van der Waals surface area contributed by atoms with Crippen LogP contribution in [0.4, 0.5) is 5.69 Å². The van der Waals surface area contributed by atoms with Gasteiger partial charge in [-0.05, 0) is 42.2 Å². The standard InChI is InChI=1S/C17H16ClNO3/c18-12-3-1-2-4-13(12)19-16(20)14-8-5-6-9(11-7-10(8)11)15(14)17(21)22/h1-6,8-11,14-15H,7H2,(H,19,20)(H,21,22)/t8-,9+,10+,11+,14-,15-/m0/s1. The van der Waals surface area contributed by atoms with Crippen LogP contribution >= 0.6 is 11.6 Å². The molecule has 5 heteroatoms. The minimum Gasteiger partial charge on any atom is -0.481 e. The second kappa shape index (κ2) is 4.85. The molecule has 2 bridgehead atoms. The lowest BCUT2D eigenvalue weighted by atomic mass is 9.62. The highest BCUT2D eigenvalue weighted by Gasteiger charge is 2.62. The second-order valence-electron chi connectivity index (χ2n) is 6.46. The molecule has 5 rings (SSSR count). The van der Waals surface area contributed by atoms with Crippen molar-refractivity contribution < 1.29 is 14.7 Å². The Labute approximate surface area is 133 Å². The number of allylic oxidation sites excluding steroid dienone is 2. The number of carbonyl (C=O) groups excluding carboxylic acids is 1. The summed E-state index contributed by atoms with van der Waals surface area (Å²) in [6.45, 7) is 0. The molecule has 0 heterocycles. The maximum atomic E-state index is 12.7. The Morgan fingerprint density at radius 2 is 1.73 bits per heavy atom. The van der Waals surface area contributed by atoms with Gasteiger partial charge in [0.2, 0.25) is 5.91 Å². The molecule has 114 valence electrons. The first-order valence-corrected chi connectivity index (χ1v) is 7.92.